The van der Waals surface area contributed by atoms with Gasteiger partial charge in [0.1, 0.15) is 0 Å². The second kappa shape index (κ2) is 7.45. The zero-order valence-electron chi connectivity index (χ0n) is 9.73. The van der Waals surface area contributed by atoms with Gasteiger partial charge in [0.25, 0.3) is 0 Å². The van der Waals surface area contributed by atoms with Crippen molar-refractivity contribution in [1.29, 1.82) is 0 Å². The van der Waals surface area contributed by atoms with E-state index in [9.17, 15) is 8.42 Å². The van der Waals surface area contributed by atoms with Crippen molar-refractivity contribution < 1.29 is 13.2 Å². The van der Waals surface area contributed by atoms with Gasteiger partial charge in [-0.2, -0.15) is 0 Å². The van der Waals surface area contributed by atoms with Crippen LogP contribution in [0.2, 0.25) is 0 Å². The summed E-state index contributed by atoms with van der Waals surface area (Å²) in [6.07, 6.45) is 1.04. The molecule has 1 saturated heterocycles. The molecule has 1 aliphatic rings. The molecule has 0 radical (unpaired) electrons. The molecule has 0 spiro atoms. The van der Waals surface area contributed by atoms with Crippen LogP contribution in [0.25, 0.3) is 0 Å². The molecule has 0 aliphatic carbocycles. The molecular formula is C9H21ClN2O3S. The van der Waals surface area contributed by atoms with Crippen LogP contribution < -0.4 is 10.0 Å². The van der Waals surface area contributed by atoms with E-state index in [2.05, 4.69) is 10.0 Å². The first-order chi connectivity index (χ1) is 7.06. The Bertz CT molecular complexity index is 278. The lowest BCUT2D eigenvalue weighted by atomic mass is 10.1. The second-order valence-electron chi connectivity index (χ2n) is 4.02. The summed E-state index contributed by atoms with van der Waals surface area (Å²) in [5, 5.41) is 2.71. The van der Waals surface area contributed by atoms with Crippen LogP contribution in [0.5, 0.6) is 0 Å². The van der Waals surface area contributed by atoms with Crippen molar-refractivity contribution >= 4 is 22.4 Å². The van der Waals surface area contributed by atoms with E-state index < -0.39 is 15.3 Å². The zero-order valence-corrected chi connectivity index (χ0v) is 11.4. The average molecular weight is 273 g/mol. The Kier molecular flexibility index (Phi) is 7.50. The highest BCUT2D eigenvalue weighted by Gasteiger charge is 2.22. The molecule has 2 N–H and O–H groups in total. The summed E-state index contributed by atoms with van der Waals surface area (Å²) in [4.78, 5) is 0. The van der Waals surface area contributed by atoms with Crippen molar-refractivity contribution in [2.24, 2.45) is 5.92 Å². The van der Waals surface area contributed by atoms with Crippen LogP contribution >= 0.6 is 12.4 Å². The van der Waals surface area contributed by atoms with Crippen molar-refractivity contribution in [1.82, 2.24) is 10.0 Å². The fraction of sp³-hybridized carbons (Fsp3) is 1.00. The maximum atomic E-state index is 11.7. The number of ether oxygens (including phenoxy) is 1. The minimum atomic E-state index is -3.21. The molecule has 0 bridgehead atoms. The monoisotopic (exact) mass is 272 g/mol. The lowest BCUT2D eigenvalue weighted by Crippen LogP contribution is -2.38. The minimum Gasteiger partial charge on any atom is -0.383 e. The first-order valence-electron chi connectivity index (χ1n) is 5.24. The summed E-state index contributed by atoms with van der Waals surface area (Å²) >= 11 is 0. The minimum absolute atomic E-state index is 0. The molecule has 1 aliphatic heterocycles. The van der Waals surface area contributed by atoms with Gasteiger partial charge in [0.15, 0.2) is 0 Å². The van der Waals surface area contributed by atoms with Gasteiger partial charge in [-0.15, -0.1) is 12.4 Å². The van der Waals surface area contributed by atoms with Crippen LogP contribution in [0.1, 0.15) is 13.3 Å². The first kappa shape index (κ1) is 16.1. The summed E-state index contributed by atoms with van der Waals surface area (Å²) in [6.45, 7) is 4.31. The number of rotatable bonds is 6. The molecule has 0 aromatic heterocycles. The third-order valence-electron chi connectivity index (χ3n) is 2.67. The summed E-state index contributed by atoms with van der Waals surface area (Å²) < 4.78 is 30.8. The normalized spacial score (nSPS) is 22.8. The maximum absolute atomic E-state index is 11.7. The lowest BCUT2D eigenvalue weighted by Gasteiger charge is -2.15. The van der Waals surface area contributed by atoms with Crippen molar-refractivity contribution in [3.8, 4) is 0 Å². The van der Waals surface area contributed by atoms with E-state index in [0.29, 0.717) is 12.5 Å². The standard InChI is InChI=1S/C9H20N2O3S.ClH/c1-8(7-14-2)15(12,13)11-6-9-3-4-10-5-9;/h8-11H,3-7H2,1-2H3;1H. The van der Waals surface area contributed by atoms with E-state index in [0.717, 1.165) is 19.5 Å². The quantitative estimate of drug-likeness (QED) is 0.713. The van der Waals surface area contributed by atoms with E-state index >= 15 is 0 Å². The number of sulfonamides is 1. The molecule has 16 heavy (non-hydrogen) atoms. The van der Waals surface area contributed by atoms with Crippen molar-refractivity contribution in [3.05, 3.63) is 0 Å². The van der Waals surface area contributed by atoms with Crippen LogP contribution in [0.15, 0.2) is 0 Å². The molecule has 1 rings (SSSR count). The highest BCUT2D eigenvalue weighted by atomic mass is 35.5. The van der Waals surface area contributed by atoms with Gasteiger partial charge < -0.3 is 10.1 Å². The Morgan fingerprint density at radius 3 is 2.75 bits per heavy atom. The molecular weight excluding hydrogens is 252 g/mol. The fourth-order valence-electron chi connectivity index (χ4n) is 1.59. The van der Waals surface area contributed by atoms with Crippen molar-refractivity contribution in [2.45, 2.75) is 18.6 Å². The van der Waals surface area contributed by atoms with Gasteiger partial charge in [0, 0.05) is 13.7 Å². The molecule has 7 heteroatoms. The van der Waals surface area contributed by atoms with E-state index in [4.69, 9.17) is 4.74 Å². The summed E-state index contributed by atoms with van der Waals surface area (Å²) in [7, 11) is -1.71. The Hall–Kier alpha value is 0.120. The number of methoxy groups -OCH3 is 1. The fourth-order valence-corrected chi connectivity index (χ4v) is 2.66. The summed E-state index contributed by atoms with van der Waals surface area (Å²) in [6, 6.07) is 0. The predicted molar refractivity (Wildman–Crippen MR) is 66.5 cm³/mol. The number of hydrogen-bond acceptors (Lipinski definition) is 4. The molecule has 1 fully saturated rings. The zero-order chi connectivity index (χ0) is 11.3. The lowest BCUT2D eigenvalue weighted by molar-refractivity contribution is 0.200. The Labute approximate surface area is 104 Å². The first-order valence-corrected chi connectivity index (χ1v) is 6.79. The Morgan fingerprint density at radius 1 is 1.56 bits per heavy atom. The van der Waals surface area contributed by atoms with Crippen LogP contribution in [-0.2, 0) is 14.8 Å². The van der Waals surface area contributed by atoms with Crippen LogP contribution in [0.3, 0.4) is 0 Å². The summed E-state index contributed by atoms with van der Waals surface area (Å²) in [5.41, 5.74) is 0. The average Bonchev–Trinajstić information content (AvgIpc) is 2.68. The second-order valence-corrected chi connectivity index (χ2v) is 6.20. The largest absolute Gasteiger partial charge is 0.383 e. The molecule has 2 atom stereocenters. The number of halogens is 1. The molecule has 5 nitrogen and oxygen atoms in total. The van der Waals surface area contributed by atoms with Gasteiger partial charge in [-0.3, -0.25) is 0 Å². The molecule has 0 aromatic rings. The van der Waals surface area contributed by atoms with Gasteiger partial charge >= 0.3 is 0 Å². The van der Waals surface area contributed by atoms with Crippen molar-refractivity contribution in [3.63, 3.8) is 0 Å². The van der Waals surface area contributed by atoms with Gasteiger partial charge in [-0.1, -0.05) is 0 Å². The molecule has 0 saturated carbocycles. The SMILES string of the molecule is COCC(C)S(=O)(=O)NCC1CCNC1.Cl. The number of nitrogens with one attached hydrogen (secondary N) is 2. The van der Waals surface area contributed by atoms with E-state index in [-0.39, 0.29) is 19.0 Å². The highest BCUT2D eigenvalue weighted by molar-refractivity contribution is 7.90. The van der Waals surface area contributed by atoms with E-state index in [1.165, 1.54) is 7.11 Å². The van der Waals surface area contributed by atoms with Crippen LogP contribution in [0, 0.1) is 5.92 Å². The molecule has 0 amide bonds. The smallest absolute Gasteiger partial charge is 0.216 e. The third kappa shape index (κ3) is 4.97. The molecule has 2 unspecified atom stereocenters. The van der Waals surface area contributed by atoms with Crippen molar-refractivity contribution in [2.75, 3.05) is 33.4 Å². The highest BCUT2D eigenvalue weighted by Crippen LogP contribution is 2.07. The van der Waals surface area contributed by atoms with E-state index in [1.807, 2.05) is 0 Å². The predicted octanol–water partition coefficient (Wildman–Crippen LogP) is -0.0280. The van der Waals surface area contributed by atoms with Gasteiger partial charge in [0.05, 0.1) is 11.9 Å². The van der Waals surface area contributed by atoms with Crippen LogP contribution in [0.4, 0.5) is 0 Å². The third-order valence-corrected chi connectivity index (χ3v) is 4.43. The topological polar surface area (TPSA) is 67.4 Å². The molecule has 98 valence electrons. The van der Waals surface area contributed by atoms with Gasteiger partial charge in [-0.25, -0.2) is 13.1 Å². The Balaban J connectivity index is 0.00000225. The molecule has 0 aromatic carbocycles. The van der Waals surface area contributed by atoms with Crippen LogP contribution in [-0.4, -0.2) is 47.0 Å². The van der Waals surface area contributed by atoms with Gasteiger partial charge in [0.2, 0.25) is 10.0 Å². The van der Waals surface area contributed by atoms with Gasteiger partial charge in [-0.05, 0) is 32.4 Å². The maximum Gasteiger partial charge on any atom is 0.216 e. The molecule has 1 heterocycles. The summed E-state index contributed by atoms with van der Waals surface area (Å²) in [5.74, 6) is 0.425. The van der Waals surface area contributed by atoms with E-state index in [1.54, 1.807) is 6.92 Å². The Morgan fingerprint density at radius 2 is 2.25 bits per heavy atom. The number of hydrogen-bond donors (Lipinski definition) is 2.